The highest BCUT2D eigenvalue weighted by Gasteiger charge is 1.95. The van der Waals surface area contributed by atoms with Gasteiger partial charge in [0.2, 0.25) is 0 Å². The van der Waals surface area contributed by atoms with Gasteiger partial charge in [-0.15, -0.1) is 0 Å². The van der Waals surface area contributed by atoms with Crippen molar-refractivity contribution in [2.45, 2.75) is 6.54 Å². The highest BCUT2D eigenvalue weighted by molar-refractivity contribution is 5.34. The minimum Gasteiger partial charge on any atom is -0.366 e. The van der Waals surface area contributed by atoms with Crippen molar-refractivity contribution in [3.8, 4) is 0 Å². The van der Waals surface area contributed by atoms with Gasteiger partial charge in [-0.2, -0.15) is 0 Å². The van der Waals surface area contributed by atoms with Crippen LogP contribution >= 0.6 is 0 Å². The minimum atomic E-state index is -0.213. The first-order chi connectivity index (χ1) is 7.34. The summed E-state index contributed by atoms with van der Waals surface area (Å²) < 4.78 is 12.8. The molecule has 76 valence electrons. The summed E-state index contributed by atoms with van der Waals surface area (Å²) in [6, 6.07) is 12.2. The van der Waals surface area contributed by atoms with Gasteiger partial charge in [-0.1, -0.05) is 18.2 Å². The predicted octanol–water partition coefficient (Wildman–Crippen LogP) is 2.83. The molecule has 0 spiro atoms. The van der Waals surface area contributed by atoms with Gasteiger partial charge in [0, 0.05) is 12.7 Å². The fourth-order valence-corrected chi connectivity index (χ4v) is 1.31. The number of hydrogen-bond acceptors (Lipinski definition) is 2. The van der Waals surface area contributed by atoms with Crippen LogP contribution in [-0.2, 0) is 6.54 Å². The van der Waals surface area contributed by atoms with Crippen molar-refractivity contribution >= 4 is 5.82 Å². The molecular weight excluding hydrogens is 191 g/mol. The van der Waals surface area contributed by atoms with E-state index >= 15 is 0 Å². The summed E-state index contributed by atoms with van der Waals surface area (Å²) in [4.78, 5) is 4.11. The molecule has 0 unspecified atom stereocenters. The Morgan fingerprint density at radius 2 is 2.07 bits per heavy atom. The summed E-state index contributed by atoms with van der Waals surface area (Å²) in [7, 11) is 0. The van der Waals surface area contributed by atoms with Crippen LogP contribution < -0.4 is 5.32 Å². The van der Waals surface area contributed by atoms with E-state index in [1.807, 2.05) is 24.3 Å². The third-order valence-corrected chi connectivity index (χ3v) is 2.03. The number of rotatable bonds is 3. The number of anilines is 1. The summed E-state index contributed by atoms with van der Waals surface area (Å²) in [6.45, 7) is 0.578. The Morgan fingerprint density at radius 3 is 2.80 bits per heavy atom. The molecule has 0 amide bonds. The van der Waals surface area contributed by atoms with Gasteiger partial charge in [0.05, 0.1) is 0 Å². The van der Waals surface area contributed by atoms with E-state index < -0.39 is 0 Å². The third kappa shape index (κ3) is 2.77. The highest BCUT2D eigenvalue weighted by Crippen LogP contribution is 2.06. The molecule has 1 aromatic carbocycles. The van der Waals surface area contributed by atoms with E-state index in [1.165, 1.54) is 12.1 Å². The van der Waals surface area contributed by atoms with Crippen molar-refractivity contribution in [2.75, 3.05) is 5.32 Å². The van der Waals surface area contributed by atoms with Gasteiger partial charge >= 0.3 is 0 Å². The zero-order valence-electron chi connectivity index (χ0n) is 8.15. The van der Waals surface area contributed by atoms with Crippen LogP contribution in [0.25, 0.3) is 0 Å². The van der Waals surface area contributed by atoms with E-state index in [4.69, 9.17) is 0 Å². The van der Waals surface area contributed by atoms with Crippen molar-refractivity contribution in [1.29, 1.82) is 0 Å². The molecule has 1 aromatic heterocycles. The van der Waals surface area contributed by atoms with Gasteiger partial charge in [-0.3, -0.25) is 0 Å². The molecule has 2 aromatic rings. The first-order valence-electron chi connectivity index (χ1n) is 4.74. The predicted molar refractivity (Wildman–Crippen MR) is 58.0 cm³/mol. The average molecular weight is 202 g/mol. The molecule has 15 heavy (non-hydrogen) atoms. The van der Waals surface area contributed by atoms with Gasteiger partial charge in [0.25, 0.3) is 0 Å². The van der Waals surface area contributed by atoms with Crippen molar-refractivity contribution in [1.82, 2.24) is 4.98 Å². The Labute approximate surface area is 87.8 Å². The largest absolute Gasteiger partial charge is 0.366 e. The number of halogens is 1. The normalized spacial score (nSPS) is 9.93. The maximum absolute atomic E-state index is 12.8. The van der Waals surface area contributed by atoms with Gasteiger partial charge < -0.3 is 5.32 Å². The molecule has 3 heteroatoms. The molecule has 2 nitrogen and oxygen atoms in total. The molecule has 0 aliphatic rings. The fourth-order valence-electron chi connectivity index (χ4n) is 1.31. The lowest BCUT2D eigenvalue weighted by Gasteiger charge is -2.04. The summed E-state index contributed by atoms with van der Waals surface area (Å²) >= 11 is 0. The number of benzene rings is 1. The van der Waals surface area contributed by atoms with Crippen LogP contribution in [0.3, 0.4) is 0 Å². The van der Waals surface area contributed by atoms with E-state index in [-0.39, 0.29) is 5.82 Å². The first-order valence-corrected chi connectivity index (χ1v) is 4.74. The quantitative estimate of drug-likeness (QED) is 0.827. The van der Waals surface area contributed by atoms with E-state index in [9.17, 15) is 4.39 Å². The second kappa shape index (κ2) is 4.55. The number of hydrogen-bond donors (Lipinski definition) is 1. The Bertz CT molecular complexity index is 429. The van der Waals surface area contributed by atoms with Crippen LogP contribution in [0.1, 0.15) is 5.56 Å². The van der Waals surface area contributed by atoms with Crippen molar-refractivity contribution in [3.63, 3.8) is 0 Å². The van der Waals surface area contributed by atoms with E-state index in [1.54, 1.807) is 12.3 Å². The Balaban J connectivity index is 1.99. The van der Waals surface area contributed by atoms with Gasteiger partial charge in [-0.05, 0) is 29.8 Å². The maximum Gasteiger partial charge on any atom is 0.126 e. The molecule has 0 atom stereocenters. The molecule has 0 bridgehead atoms. The zero-order valence-corrected chi connectivity index (χ0v) is 8.15. The standard InChI is InChI=1S/C12H11FN2/c13-11-5-3-4-10(8-11)9-15-12-6-1-2-7-14-12/h1-8H,9H2,(H,14,15). The molecule has 0 radical (unpaired) electrons. The van der Waals surface area contributed by atoms with E-state index in [2.05, 4.69) is 10.3 Å². The lowest BCUT2D eigenvalue weighted by Crippen LogP contribution is -2.00. The van der Waals surface area contributed by atoms with Crippen molar-refractivity contribution in [2.24, 2.45) is 0 Å². The van der Waals surface area contributed by atoms with Crippen LogP contribution in [0.15, 0.2) is 48.7 Å². The Hall–Kier alpha value is -1.90. The monoisotopic (exact) mass is 202 g/mol. The molecular formula is C12H11FN2. The lowest BCUT2D eigenvalue weighted by atomic mass is 10.2. The van der Waals surface area contributed by atoms with Crippen LogP contribution in [0.4, 0.5) is 10.2 Å². The highest BCUT2D eigenvalue weighted by atomic mass is 19.1. The first kappa shape index (κ1) is 9.65. The smallest absolute Gasteiger partial charge is 0.126 e. The SMILES string of the molecule is Fc1cccc(CNc2ccccn2)c1. The maximum atomic E-state index is 12.8. The molecule has 0 fully saturated rings. The van der Waals surface area contributed by atoms with Gasteiger partial charge in [0.1, 0.15) is 11.6 Å². The van der Waals surface area contributed by atoms with Crippen LogP contribution in [0.2, 0.25) is 0 Å². The summed E-state index contributed by atoms with van der Waals surface area (Å²) in [5.74, 6) is 0.581. The minimum absolute atomic E-state index is 0.213. The number of nitrogens with one attached hydrogen (secondary N) is 1. The summed E-state index contributed by atoms with van der Waals surface area (Å²) in [6.07, 6.45) is 1.72. The molecule has 1 heterocycles. The number of aromatic nitrogens is 1. The fraction of sp³-hybridized carbons (Fsp3) is 0.0833. The van der Waals surface area contributed by atoms with Crippen LogP contribution in [-0.4, -0.2) is 4.98 Å². The topological polar surface area (TPSA) is 24.9 Å². The number of nitrogens with zero attached hydrogens (tertiary/aromatic N) is 1. The molecule has 0 saturated heterocycles. The summed E-state index contributed by atoms with van der Waals surface area (Å²) in [5.41, 5.74) is 0.903. The van der Waals surface area contributed by atoms with Crippen LogP contribution in [0.5, 0.6) is 0 Å². The number of pyridine rings is 1. The lowest BCUT2D eigenvalue weighted by molar-refractivity contribution is 0.626. The van der Waals surface area contributed by atoms with E-state index in [0.29, 0.717) is 6.54 Å². The Kier molecular flexibility index (Phi) is 2.93. The van der Waals surface area contributed by atoms with Crippen molar-refractivity contribution in [3.05, 3.63) is 60.0 Å². The Morgan fingerprint density at radius 1 is 1.13 bits per heavy atom. The second-order valence-electron chi connectivity index (χ2n) is 3.20. The second-order valence-corrected chi connectivity index (χ2v) is 3.20. The zero-order chi connectivity index (χ0) is 10.5. The molecule has 0 saturated carbocycles. The summed E-state index contributed by atoms with van der Waals surface area (Å²) in [5, 5.41) is 3.11. The molecule has 1 N–H and O–H groups in total. The molecule has 0 aliphatic carbocycles. The molecule has 0 aliphatic heterocycles. The molecule has 2 rings (SSSR count). The van der Waals surface area contributed by atoms with Gasteiger partial charge in [-0.25, -0.2) is 9.37 Å². The van der Waals surface area contributed by atoms with Gasteiger partial charge in [0.15, 0.2) is 0 Å². The van der Waals surface area contributed by atoms with Crippen molar-refractivity contribution < 1.29 is 4.39 Å². The van der Waals surface area contributed by atoms with Crippen LogP contribution in [0, 0.1) is 5.82 Å². The third-order valence-electron chi connectivity index (χ3n) is 2.03. The average Bonchev–Trinajstić information content (AvgIpc) is 2.28. The van der Waals surface area contributed by atoms with E-state index in [0.717, 1.165) is 11.4 Å².